The van der Waals surface area contributed by atoms with E-state index in [2.05, 4.69) is 18.6 Å². The van der Waals surface area contributed by atoms with Crippen LogP contribution >= 0.6 is 0 Å². The molecule has 0 saturated carbocycles. The topological polar surface area (TPSA) is 55.4 Å². The standard InChI is InChI=1S/C12H19NO3S/c1-9(2)10-5-6-11(12(7-10)16-3)8-13-17(4,14)15/h5-7,9,13H,8H2,1-4H3. The van der Waals surface area contributed by atoms with E-state index in [9.17, 15) is 8.42 Å². The summed E-state index contributed by atoms with van der Waals surface area (Å²) in [5.41, 5.74) is 2.01. The minimum atomic E-state index is -3.18. The predicted octanol–water partition coefficient (Wildman–Crippen LogP) is 1.87. The number of ether oxygens (including phenoxy) is 1. The molecule has 4 nitrogen and oxygen atoms in total. The maximum atomic E-state index is 11.0. The molecular weight excluding hydrogens is 238 g/mol. The normalized spacial score (nSPS) is 11.8. The smallest absolute Gasteiger partial charge is 0.209 e. The van der Waals surface area contributed by atoms with Gasteiger partial charge in [0.15, 0.2) is 0 Å². The van der Waals surface area contributed by atoms with Gasteiger partial charge in [0.1, 0.15) is 5.75 Å². The van der Waals surface area contributed by atoms with E-state index in [-0.39, 0.29) is 6.54 Å². The van der Waals surface area contributed by atoms with Gasteiger partial charge < -0.3 is 4.74 Å². The first kappa shape index (κ1) is 14.0. The van der Waals surface area contributed by atoms with Crippen molar-refractivity contribution in [2.45, 2.75) is 26.3 Å². The molecule has 1 N–H and O–H groups in total. The van der Waals surface area contributed by atoms with E-state index in [1.807, 2.05) is 18.2 Å². The van der Waals surface area contributed by atoms with Crippen LogP contribution in [0.3, 0.4) is 0 Å². The zero-order chi connectivity index (χ0) is 13.1. The summed E-state index contributed by atoms with van der Waals surface area (Å²) in [7, 11) is -1.59. The Morgan fingerprint density at radius 1 is 1.35 bits per heavy atom. The second kappa shape index (κ2) is 5.51. The van der Waals surface area contributed by atoms with Gasteiger partial charge in [-0.05, 0) is 17.5 Å². The lowest BCUT2D eigenvalue weighted by Crippen LogP contribution is -2.21. The molecule has 0 saturated heterocycles. The Morgan fingerprint density at radius 3 is 2.47 bits per heavy atom. The maximum absolute atomic E-state index is 11.0. The number of benzene rings is 1. The molecule has 0 unspecified atom stereocenters. The van der Waals surface area contributed by atoms with E-state index in [1.54, 1.807) is 7.11 Å². The van der Waals surface area contributed by atoms with Crippen molar-refractivity contribution < 1.29 is 13.2 Å². The Balaban J connectivity index is 2.93. The van der Waals surface area contributed by atoms with Crippen molar-refractivity contribution in [1.29, 1.82) is 0 Å². The van der Waals surface area contributed by atoms with Crippen molar-refractivity contribution in [3.8, 4) is 5.75 Å². The molecule has 1 aromatic carbocycles. The number of rotatable bonds is 5. The van der Waals surface area contributed by atoms with Crippen molar-refractivity contribution in [1.82, 2.24) is 4.72 Å². The Bertz CT molecular complexity index is 481. The third kappa shape index (κ3) is 4.36. The third-order valence-corrected chi connectivity index (χ3v) is 3.17. The van der Waals surface area contributed by atoms with Crippen molar-refractivity contribution in [2.24, 2.45) is 0 Å². The Kier molecular flexibility index (Phi) is 4.54. The van der Waals surface area contributed by atoms with Gasteiger partial charge in [-0.15, -0.1) is 0 Å². The van der Waals surface area contributed by atoms with Crippen molar-refractivity contribution in [3.63, 3.8) is 0 Å². The first-order valence-corrected chi connectivity index (χ1v) is 7.34. The highest BCUT2D eigenvalue weighted by Gasteiger charge is 2.08. The summed E-state index contributed by atoms with van der Waals surface area (Å²) < 4.78 is 29.8. The average molecular weight is 257 g/mol. The van der Waals surface area contributed by atoms with Crippen LogP contribution in [0.1, 0.15) is 30.9 Å². The molecule has 0 atom stereocenters. The van der Waals surface area contributed by atoms with E-state index in [1.165, 1.54) is 5.56 Å². The van der Waals surface area contributed by atoms with Gasteiger partial charge >= 0.3 is 0 Å². The average Bonchev–Trinajstić information content (AvgIpc) is 2.24. The fraction of sp³-hybridized carbons (Fsp3) is 0.500. The second-order valence-corrected chi connectivity index (χ2v) is 6.15. The first-order valence-electron chi connectivity index (χ1n) is 5.45. The van der Waals surface area contributed by atoms with Crippen molar-refractivity contribution in [3.05, 3.63) is 29.3 Å². The molecule has 0 aliphatic heterocycles. The fourth-order valence-electron chi connectivity index (χ4n) is 1.48. The molecule has 0 amide bonds. The van der Waals surface area contributed by atoms with E-state index in [0.29, 0.717) is 11.7 Å². The molecule has 0 radical (unpaired) electrons. The monoisotopic (exact) mass is 257 g/mol. The van der Waals surface area contributed by atoms with Crippen LogP contribution in [0.5, 0.6) is 5.75 Å². The molecule has 17 heavy (non-hydrogen) atoms. The van der Waals surface area contributed by atoms with Crippen molar-refractivity contribution in [2.75, 3.05) is 13.4 Å². The number of hydrogen-bond donors (Lipinski definition) is 1. The van der Waals surface area contributed by atoms with Crippen LogP contribution in [0.2, 0.25) is 0 Å². The molecule has 0 bridgehead atoms. The van der Waals surface area contributed by atoms with Gasteiger partial charge in [0, 0.05) is 12.1 Å². The second-order valence-electron chi connectivity index (χ2n) is 4.32. The van der Waals surface area contributed by atoms with Gasteiger partial charge in [0.25, 0.3) is 0 Å². The largest absolute Gasteiger partial charge is 0.496 e. The highest BCUT2D eigenvalue weighted by molar-refractivity contribution is 7.88. The number of sulfonamides is 1. The Labute approximate surface area is 103 Å². The van der Waals surface area contributed by atoms with Gasteiger partial charge in [0.05, 0.1) is 13.4 Å². The lowest BCUT2D eigenvalue weighted by Gasteiger charge is -2.12. The van der Waals surface area contributed by atoms with E-state index < -0.39 is 10.0 Å². The summed E-state index contributed by atoms with van der Waals surface area (Å²) in [5.74, 6) is 1.13. The highest BCUT2D eigenvalue weighted by Crippen LogP contribution is 2.24. The van der Waals surface area contributed by atoms with Crippen LogP contribution in [0.25, 0.3) is 0 Å². The molecule has 0 heterocycles. The van der Waals surface area contributed by atoms with Gasteiger partial charge in [-0.1, -0.05) is 26.0 Å². The Hall–Kier alpha value is -1.07. The molecule has 0 aliphatic rings. The van der Waals surface area contributed by atoms with Crippen LogP contribution < -0.4 is 9.46 Å². The number of methoxy groups -OCH3 is 1. The molecule has 1 aromatic rings. The van der Waals surface area contributed by atoms with E-state index in [0.717, 1.165) is 11.8 Å². The SMILES string of the molecule is COc1cc(C(C)C)ccc1CNS(C)(=O)=O. The van der Waals surface area contributed by atoms with Crippen LogP contribution in [-0.4, -0.2) is 21.8 Å². The summed E-state index contributed by atoms with van der Waals surface area (Å²) in [5, 5.41) is 0. The minimum Gasteiger partial charge on any atom is -0.496 e. The Morgan fingerprint density at radius 2 is 2.00 bits per heavy atom. The molecule has 5 heteroatoms. The third-order valence-electron chi connectivity index (χ3n) is 2.50. The molecular formula is C12H19NO3S. The highest BCUT2D eigenvalue weighted by atomic mass is 32.2. The van der Waals surface area contributed by atoms with E-state index >= 15 is 0 Å². The van der Waals surface area contributed by atoms with Crippen LogP contribution in [-0.2, 0) is 16.6 Å². The first-order chi connectivity index (χ1) is 7.83. The molecule has 96 valence electrons. The van der Waals surface area contributed by atoms with Gasteiger partial charge in [-0.25, -0.2) is 13.1 Å². The van der Waals surface area contributed by atoms with Gasteiger partial charge in [-0.2, -0.15) is 0 Å². The number of hydrogen-bond acceptors (Lipinski definition) is 3. The summed E-state index contributed by atoms with van der Waals surface area (Å²) in [6, 6.07) is 5.84. The molecule has 1 rings (SSSR count). The molecule has 0 fully saturated rings. The lowest BCUT2D eigenvalue weighted by molar-refractivity contribution is 0.408. The van der Waals surface area contributed by atoms with Crippen LogP contribution in [0.15, 0.2) is 18.2 Å². The zero-order valence-corrected chi connectivity index (χ0v) is 11.5. The van der Waals surface area contributed by atoms with Crippen molar-refractivity contribution >= 4 is 10.0 Å². The summed E-state index contributed by atoms with van der Waals surface area (Å²) in [4.78, 5) is 0. The van der Waals surface area contributed by atoms with Crippen LogP contribution in [0.4, 0.5) is 0 Å². The van der Waals surface area contributed by atoms with Crippen LogP contribution in [0, 0.1) is 0 Å². The van der Waals surface area contributed by atoms with E-state index in [4.69, 9.17) is 4.74 Å². The minimum absolute atomic E-state index is 0.250. The summed E-state index contributed by atoms with van der Waals surface area (Å²) in [6.07, 6.45) is 1.14. The van der Waals surface area contributed by atoms with Gasteiger partial charge in [0.2, 0.25) is 10.0 Å². The zero-order valence-electron chi connectivity index (χ0n) is 10.6. The van der Waals surface area contributed by atoms with Gasteiger partial charge in [-0.3, -0.25) is 0 Å². The predicted molar refractivity (Wildman–Crippen MR) is 68.8 cm³/mol. The summed E-state index contributed by atoms with van der Waals surface area (Å²) in [6.45, 7) is 4.45. The maximum Gasteiger partial charge on any atom is 0.209 e. The molecule has 0 spiro atoms. The quantitative estimate of drug-likeness (QED) is 0.876. The summed E-state index contributed by atoms with van der Waals surface area (Å²) >= 11 is 0. The number of nitrogens with one attached hydrogen (secondary N) is 1. The fourth-order valence-corrected chi connectivity index (χ4v) is 1.89. The molecule has 0 aliphatic carbocycles. The lowest BCUT2D eigenvalue weighted by atomic mass is 10.0. The molecule has 0 aromatic heterocycles.